The second-order valence-electron chi connectivity index (χ2n) is 4.39. The molecule has 0 radical (unpaired) electrons. The molecule has 0 spiro atoms. The minimum Gasteiger partial charge on any atom is -0.507 e. The summed E-state index contributed by atoms with van der Waals surface area (Å²) >= 11 is 2.13. The van der Waals surface area contributed by atoms with Gasteiger partial charge in [0.05, 0.1) is 11.7 Å². The highest BCUT2D eigenvalue weighted by Crippen LogP contribution is 2.23. The highest BCUT2D eigenvalue weighted by atomic mass is 127. The van der Waals surface area contributed by atoms with Crippen LogP contribution in [-0.2, 0) is 4.74 Å². The van der Waals surface area contributed by atoms with Crippen LogP contribution in [0.2, 0.25) is 0 Å². The number of carbonyl (C=O) groups excluding carboxylic acids is 1. The van der Waals surface area contributed by atoms with Gasteiger partial charge in [0.1, 0.15) is 5.75 Å². The summed E-state index contributed by atoms with van der Waals surface area (Å²) in [5.74, 6) is -0.0464. The first-order chi connectivity index (χ1) is 8.61. The number of methoxy groups -OCH3 is 1. The Morgan fingerprint density at radius 3 is 2.72 bits per heavy atom. The lowest BCUT2D eigenvalue weighted by molar-refractivity contribution is 0.0349. The second kappa shape index (κ2) is 5.88. The van der Waals surface area contributed by atoms with E-state index in [1.54, 1.807) is 30.2 Å². The predicted octanol–water partition coefficient (Wildman–Crippen LogP) is 2.25. The number of halogens is 1. The van der Waals surface area contributed by atoms with Crippen LogP contribution < -0.4 is 0 Å². The number of amides is 1. The summed E-state index contributed by atoms with van der Waals surface area (Å²) in [6.45, 7) is 1.37. The Bertz CT molecular complexity index is 442. The van der Waals surface area contributed by atoms with E-state index in [4.69, 9.17) is 4.74 Å². The fraction of sp³-hybridized carbons (Fsp3) is 0.462. The molecule has 1 aliphatic rings. The average Bonchev–Trinajstić information content (AvgIpc) is 2.41. The molecule has 0 aromatic heterocycles. The number of ether oxygens (including phenoxy) is 1. The fourth-order valence-corrected chi connectivity index (χ4v) is 2.64. The van der Waals surface area contributed by atoms with Gasteiger partial charge in [0.25, 0.3) is 5.91 Å². The molecule has 1 amide bonds. The van der Waals surface area contributed by atoms with Crippen molar-refractivity contribution < 1.29 is 14.6 Å². The van der Waals surface area contributed by atoms with Gasteiger partial charge in [-0.1, -0.05) is 0 Å². The molecule has 0 saturated carbocycles. The molecule has 0 aliphatic carbocycles. The number of hydrogen-bond donors (Lipinski definition) is 1. The fourth-order valence-electron chi connectivity index (χ4n) is 2.14. The van der Waals surface area contributed by atoms with Crippen molar-refractivity contribution in [1.29, 1.82) is 0 Å². The molecule has 0 unspecified atom stereocenters. The van der Waals surface area contributed by atoms with Gasteiger partial charge < -0.3 is 14.7 Å². The zero-order chi connectivity index (χ0) is 13.1. The van der Waals surface area contributed by atoms with E-state index in [0.29, 0.717) is 18.7 Å². The van der Waals surface area contributed by atoms with Crippen molar-refractivity contribution in [2.75, 3.05) is 20.2 Å². The molecule has 1 aliphatic heterocycles. The molecule has 4 nitrogen and oxygen atoms in total. The van der Waals surface area contributed by atoms with Crippen LogP contribution in [0.3, 0.4) is 0 Å². The number of piperidine rings is 1. The van der Waals surface area contributed by atoms with Crippen LogP contribution in [0.15, 0.2) is 18.2 Å². The van der Waals surface area contributed by atoms with Gasteiger partial charge in [0.2, 0.25) is 0 Å². The molecule has 98 valence electrons. The third kappa shape index (κ3) is 2.95. The lowest BCUT2D eigenvalue weighted by atomic mass is 10.1. The van der Waals surface area contributed by atoms with E-state index in [0.717, 1.165) is 16.4 Å². The third-order valence-corrected chi connectivity index (χ3v) is 3.92. The van der Waals surface area contributed by atoms with Crippen molar-refractivity contribution >= 4 is 28.5 Å². The molecule has 18 heavy (non-hydrogen) atoms. The Morgan fingerprint density at radius 1 is 1.44 bits per heavy atom. The van der Waals surface area contributed by atoms with E-state index in [1.807, 2.05) is 0 Å². The monoisotopic (exact) mass is 361 g/mol. The first kappa shape index (κ1) is 13.6. The molecule has 1 saturated heterocycles. The number of nitrogens with zero attached hydrogens (tertiary/aromatic N) is 1. The third-order valence-electron chi connectivity index (χ3n) is 3.25. The smallest absolute Gasteiger partial charge is 0.257 e. The van der Waals surface area contributed by atoms with E-state index in [1.165, 1.54) is 0 Å². The largest absolute Gasteiger partial charge is 0.507 e. The van der Waals surface area contributed by atoms with Crippen molar-refractivity contribution in [2.45, 2.75) is 18.9 Å². The number of benzene rings is 1. The van der Waals surface area contributed by atoms with Crippen molar-refractivity contribution in [3.8, 4) is 5.75 Å². The number of hydrogen-bond acceptors (Lipinski definition) is 3. The van der Waals surface area contributed by atoms with E-state index in [9.17, 15) is 9.90 Å². The Balaban J connectivity index is 2.10. The summed E-state index contributed by atoms with van der Waals surface area (Å²) in [5.41, 5.74) is 0.387. The maximum atomic E-state index is 12.3. The number of carbonyl (C=O) groups is 1. The molecule has 1 aromatic carbocycles. The van der Waals surface area contributed by atoms with Crippen LogP contribution >= 0.6 is 22.6 Å². The quantitative estimate of drug-likeness (QED) is 0.823. The van der Waals surface area contributed by atoms with Crippen LogP contribution in [0.1, 0.15) is 23.2 Å². The molecule has 2 rings (SSSR count). The number of rotatable bonds is 2. The summed E-state index contributed by atoms with van der Waals surface area (Å²) in [6.07, 6.45) is 1.96. The lowest BCUT2D eigenvalue weighted by Gasteiger charge is -2.31. The van der Waals surface area contributed by atoms with E-state index in [2.05, 4.69) is 22.6 Å². The summed E-state index contributed by atoms with van der Waals surface area (Å²) in [7, 11) is 1.70. The molecule has 5 heteroatoms. The molecule has 1 heterocycles. The minimum absolute atomic E-state index is 0.0503. The first-order valence-electron chi connectivity index (χ1n) is 5.92. The van der Waals surface area contributed by atoms with Gasteiger partial charge >= 0.3 is 0 Å². The van der Waals surface area contributed by atoms with Gasteiger partial charge in [-0.15, -0.1) is 0 Å². The van der Waals surface area contributed by atoms with Gasteiger partial charge in [-0.25, -0.2) is 0 Å². The summed E-state index contributed by atoms with van der Waals surface area (Å²) in [6, 6.07) is 5.07. The molecule has 1 fully saturated rings. The van der Waals surface area contributed by atoms with E-state index < -0.39 is 0 Å². The summed E-state index contributed by atoms with van der Waals surface area (Å²) in [5, 5.41) is 9.76. The van der Waals surface area contributed by atoms with Crippen molar-refractivity contribution in [3.05, 3.63) is 27.3 Å². The number of phenols is 1. The van der Waals surface area contributed by atoms with Gasteiger partial charge in [-0.3, -0.25) is 4.79 Å². The Kier molecular flexibility index (Phi) is 4.45. The maximum Gasteiger partial charge on any atom is 0.257 e. The minimum atomic E-state index is -0.0967. The second-order valence-corrected chi connectivity index (χ2v) is 5.63. The zero-order valence-corrected chi connectivity index (χ0v) is 12.4. The number of likely N-dealkylation sites (tertiary alicyclic amines) is 1. The highest BCUT2D eigenvalue weighted by Gasteiger charge is 2.24. The van der Waals surface area contributed by atoms with Crippen LogP contribution in [0.25, 0.3) is 0 Å². The first-order valence-corrected chi connectivity index (χ1v) is 7.00. The number of aromatic hydroxyl groups is 1. The maximum absolute atomic E-state index is 12.3. The molecular weight excluding hydrogens is 345 g/mol. The van der Waals surface area contributed by atoms with Gasteiger partial charge in [0, 0.05) is 23.8 Å². The molecular formula is C13H16INO3. The van der Waals surface area contributed by atoms with Crippen molar-refractivity contribution in [3.63, 3.8) is 0 Å². The highest BCUT2D eigenvalue weighted by molar-refractivity contribution is 14.1. The molecule has 0 bridgehead atoms. The Morgan fingerprint density at radius 2 is 2.11 bits per heavy atom. The zero-order valence-electron chi connectivity index (χ0n) is 10.2. The molecule has 0 atom stereocenters. The van der Waals surface area contributed by atoms with Crippen LogP contribution in [0, 0.1) is 3.57 Å². The van der Waals surface area contributed by atoms with Gasteiger partial charge in [-0.05, 0) is 53.6 Å². The Hall–Kier alpha value is -0.820. The van der Waals surface area contributed by atoms with E-state index >= 15 is 0 Å². The van der Waals surface area contributed by atoms with Crippen LogP contribution in [0.4, 0.5) is 0 Å². The van der Waals surface area contributed by atoms with E-state index in [-0.39, 0.29) is 17.8 Å². The predicted molar refractivity (Wildman–Crippen MR) is 76.8 cm³/mol. The average molecular weight is 361 g/mol. The Labute approximate surface area is 120 Å². The number of phenolic OH excluding ortho intramolecular Hbond substituents is 1. The molecule has 1 aromatic rings. The SMILES string of the molecule is COC1CCN(C(=O)c2cc(I)ccc2O)CC1. The van der Waals surface area contributed by atoms with Crippen molar-refractivity contribution in [2.24, 2.45) is 0 Å². The normalized spacial score (nSPS) is 16.9. The topological polar surface area (TPSA) is 49.8 Å². The summed E-state index contributed by atoms with van der Waals surface area (Å²) < 4.78 is 6.22. The van der Waals surface area contributed by atoms with Crippen molar-refractivity contribution in [1.82, 2.24) is 4.90 Å². The standard InChI is InChI=1S/C13H16INO3/c1-18-10-4-6-15(7-5-10)13(17)11-8-9(14)2-3-12(11)16/h2-3,8,10,16H,4-7H2,1H3. The molecule has 1 N–H and O–H groups in total. The summed E-state index contributed by atoms with van der Waals surface area (Å²) in [4.78, 5) is 14.1. The van der Waals surface area contributed by atoms with Crippen LogP contribution in [-0.4, -0.2) is 42.2 Å². The van der Waals surface area contributed by atoms with Crippen LogP contribution in [0.5, 0.6) is 5.75 Å². The lowest BCUT2D eigenvalue weighted by Crippen LogP contribution is -2.40. The van der Waals surface area contributed by atoms with Gasteiger partial charge in [0.15, 0.2) is 0 Å². The van der Waals surface area contributed by atoms with Gasteiger partial charge in [-0.2, -0.15) is 0 Å².